The molecule has 96 valence electrons. The van der Waals surface area contributed by atoms with Crippen LogP contribution in [-0.2, 0) is 17.8 Å². The van der Waals surface area contributed by atoms with Gasteiger partial charge in [-0.25, -0.2) is 0 Å². The van der Waals surface area contributed by atoms with Gasteiger partial charge < -0.3 is 10.6 Å². The van der Waals surface area contributed by atoms with Gasteiger partial charge in [0.25, 0.3) is 5.91 Å². The van der Waals surface area contributed by atoms with E-state index in [9.17, 15) is 4.79 Å². The summed E-state index contributed by atoms with van der Waals surface area (Å²) in [5.74, 6) is -0.00387. The molecule has 0 saturated heterocycles. The number of benzene rings is 1. The average molecular weight is 244 g/mol. The summed E-state index contributed by atoms with van der Waals surface area (Å²) in [5, 5.41) is 6.35. The van der Waals surface area contributed by atoms with Crippen LogP contribution in [0, 0.1) is 0 Å². The molecule has 1 aliphatic rings. The van der Waals surface area contributed by atoms with Gasteiger partial charge in [-0.3, -0.25) is 4.79 Å². The maximum atomic E-state index is 12.0. The van der Waals surface area contributed by atoms with Crippen LogP contribution in [-0.4, -0.2) is 12.5 Å². The van der Waals surface area contributed by atoms with Gasteiger partial charge >= 0.3 is 0 Å². The molecule has 0 atom stereocenters. The van der Waals surface area contributed by atoms with Crippen LogP contribution in [0.5, 0.6) is 0 Å². The van der Waals surface area contributed by atoms with E-state index >= 15 is 0 Å². The van der Waals surface area contributed by atoms with Crippen LogP contribution in [0.1, 0.15) is 31.4 Å². The predicted octanol–water partition coefficient (Wildman–Crippen LogP) is 2.63. The van der Waals surface area contributed by atoms with Gasteiger partial charge in [0.2, 0.25) is 0 Å². The molecule has 0 fully saturated rings. The molecule has 0 unspecified atom stereocenters. The minimum atomic E-state index is -0.00387. The van der Waals surface area contributed by atoms with E-state index in [1.54, 1.807) is 0 Å². The highest BCUT2D eigenvalue weighted by Gasteiger charge is 2.14. The molecule has 0 aliphatic carbocycles. The van der Waals surface area contributed by atoms with Gasteiger partial charge in [-0.2, -0.15) is 0 Å². The molecule has 1 aliphatic heterocycles. The molecule has 0 aromatic heterocycles. The lowest BCUT2D eigenvalue weighted by Gasteiger charge is -2.20. The third-order valence-electron chi connectivity index (χ3n) is 3.26. The van der Waals surface area contributed by atoms with E-state index in [1.165, 1.54) is 11.1 Å². The summed E-state index contributed by atoms with van der Waals surface area (Å²) in [6, 6.07) is 6.13. The lowest BCUT2D eigenvalue weighted by molar-refractivity contribution is -0.112. The normalized spacial score (nSPS) is 15.1. The maximum Gasteiger partial charge on any atom is 0.250 e. The van der Waals surface area contributed by atoms with E-state index in [-0.39, 0.29) is 5.91 Å². The van der Waals surface area contributed by atoms with Crippen LogP contribution in [0.4, 0.5) is 5.69 Å². The van der Waals surface area contributed by atoms with Gasteiger partial charge in [0.05, 0.1) is 0 Å². The Kier molecular flexibility index (Phi) is 4.15. The van der Waals surface area contributed by atoms with Crippen molar-refractivity contribution in [2.75, 3.05) is 11.9 Å². The van der Waals surface area contributed by atoms with Crippen LogP contribution in [0.2, 0.25) is 0 Å². The first-order valence-corrected chi connectivity index (χ1v) is 6.52. The van der Waals surface area contributed by atoms with E-state index in [0.717, 1.165) is 37.2 Å². The molecule has 3 nitrogen and oxygen atoms in total. The van der Waals surface area contributed by atoms with Crippen molar-refractivity contribution in [2.45, 2.75) is 33.2 Å². The van der Waals surface area contributed by atoms with Gasteiger partial charge in [0.1, 0.15) is 0 Å². The van der Waals surface area contributed by atoms with E-state index in [0.29, 0.717) is 0 Å². The number of carbonyl (C=O) groups excluding carboxylic acids is 1. The summed E-state index contributed by atoms with van der Waals surface area (Å²) in [7, 11) is 0. The Balaban J connectivity index is 2.19. The van der Waals surface area contributed by atoms with Crippen molar-refractivity contribution in [3.63, 3.8) is 0 Å². The zero-order valence-corrected chi connectivity index (χ0v) is 11.0. The molecule has 1 aromatic carbocycles. The molecule has 1 heterocycles. The molecule has 1 amide bonds. The molecule has 18 heavy (non-hydrogen) atoms. The Labute approximate surface area is 108 Å². The number of carbonyl (C=O) groups is 1. The Morgan fingerprint density at radius 2 is 2.33 bits per heavy atom. The van der Waals surface area contributed by atoms with Gasteiger partial charge in [0, 0.05) is 17.8 Å². The first-order valence-electron chi connectivity index (χ1n) is 6.52. The van der Waals surface area contributed by atoms with Crippen LogP contribution in [0.3, 0.4) is 0 Å². The summed E-state index contributed by atoms with van der Waals surface area (Å²) >= 11 is 0. The summed E-state index contributed by atoms with van der Waals surface area (Å²) in [5.41, 5.74) is 4.28. The zero-order valence-electron chi connectivity index (χ0n) is 11.0. The Morgan fingerprint density at radius 3 is 3.11 bits per heavy atom. The fourth-order valence-corrected chi connectivity index (χ4v) is 2.25. The van der Waals surface area contributed by atoms with Crippen LogP contribution in [0.15, 0.2) is 29.8 Å². The summed E-state index contributed by atoms with van der Waals surface area (Å²) < 4.78 is 0. The second-order valence-electron chi connectivity index (χ2n) is 4.62. The standard InChI is InChI=1S/C15H20N2O/c1-3-5-11(2)15(18)17-14-7-4-6-12-8-9-16-10-13(12)14/h4-7,16H,3,8-10H2,1-2H3,(H,17,18)/b11-5-. The van der Waals surface area contributed by atoms with Crippen molar-refractivity contribution in [3.8, 4) is 0 Å². The number of hydrogen-bond acceptors (Lipinski definition) is 2. The highest BCUT2D eigenvalue weighted by Crippen LogP contribution is 2.23. The van der Waals surface area contributed by atoms with Gasteiger partial charge in [-0.1, -0.05) is 25.1 Å². The van der Waals surface area contributed by atoms with Gasteiger partial charge in [0.15, 0.2) is 0 Å². The first kappa shape index (κ1) is 12.8. The number of nitrogens with one attached hydrogen (secondary N) is 2. The molecule has 3 heteroatoms. The van der Waals surface area contributed by atoms with Crippen LogP contribution in [0.25, 0.3) is 0 Å². The Morgan fingerprint density at radius 1 is 1.50 bits per heavy atom. The van der Waals surface area contributed by atoms with Gasteiger partial charge in [-0.15, -0.1) is 0 Å². The molecule has 0 radical (unpaired) electrons. The number of rotatable bonds is 3. The van der Waals surface area contributed by atoms with Crippen molar-refractivity contribution in [1.82, 2.24) is 5.32 Å². The van der Waals surface area contributed by atoms with Crippen molar-refractivity contribution >= 4 is 11.6 Å². The number of fused-ring (bicyclic) bond motifs is 1. The summed E-state index contributed by atoms with van der Waals surface area (Å²) in [6.45, 7) is 5.74. The lowest BCUT2D eigenvalue weighted by atomic mass is 9.99. The SMILES string of the molecule is CC/C=C(/C)C(=O)Nc1cccc2c1CNCC2. The quantitative estimate of drug-likeness (QED) is 0.802. The number of amides is 1. The van der Waals surface area contributed by atoms with E-state index in [2.05, 4.69) is 16.7 Å². The van der Waals surface area contributed by atoms with Gasteiger partial charge in [-0.05, 0) is 43.5 Å². The molecular formula is C15H20N2O. The number of allylic oxidation sites excluding steroid dienone is 1. The summed E-state index contributed by atoms with van der Waals surface area (Å²) in [4.78, 5) is 12.0. The zero-order chi connectivity index (χ0) is 13.0. The highest BCUT2D eigenvalue weighted by molar-refractivity contribution is 6.03. The van der Waals surface area contributed by atoms with Crippen molar-refractivity contribution in [3.05, 3.63) is 41.0 Å². The lowest BCUT2D eigenvalue weighted by Crippen LogP contribution is -2.25. The first-order chi connectivity index (χ1) is 8.72. The van der Waals surface area contributed by atoms with Crippen LogP contribution < -0.4 is 10.6 Å². The molecule has 1 aromatic rings. The van der Waals surface area contributed by atoms with Crippen molar-refractivity contribution in [1.29, 1.82) is 0 Å². The minimum absolute atomic E-state index is 0.00387. The fourth-order valence-electron chi connectivity index (χ4n) is 2.25. The summed E-state index contributed by atoms with van der Waals surface area (Å²) in [6.07, 6.45) is 3.86. The van der Waals surface area contributed by atoms with Crippen LogP contribution >= 0.6 is 0 Å². The highest BCUT2D eigenvalue weighted by atomic mass is 16.1. The van der Waals surface area contributed by atoms with E-state index in [4.69, 9.17) is 0 Å². The second kappa shape index (κ2) is 5.83. The predicted molar refractivity (Wildman–Crippen MR) is 74.5 cm³/mol. The monoisotopic (exact) mass is 244 g/mol. The van der Waals surface area contributed by atoms with Crippen molar-refractivity contribution < 1.29 is 4.79 Å². The Hall–Kier alpha value is -1.61. The topological polar surface area (TPSA) is 41.1 Å². The minimum Gasteiger partial charge on any atom is -0.322 e. The largest absolute Gasteiger partial charge is 0.322 e. The molecule has 2 N–H and O–H groups in total. The molecule has 2 rings (SSSR count). The van der Waals surface area contributed by atoms with Crippen molar-refractivity contribution in [2.24, 2.45) is 0 Å². The fraction of sp³-hybridized carbons (Fsp3) is 0.400. The van der Waals surface area contributed by atoms with E-state index < -0.39 is 0 Å². The average Bonchev–Trinajstić information content (AvgIpc) is 2.39. The maximum absolute atomic E-state index is 12.0. The number of hydrogen-bond donors (Lipinski definition) is 2. The molecule has 0 spiro atoms. The second-order valence-corrected chi connectivity index (χ2v) is 4.62. The molecule has 0 bridgehead atoms. The molecular weight excluding hydrogens is 224 g/mol. The third-order valence-corrected chi connectivity index (χ3v) is 3.26. The number of anilines is 1. The molecule has 0 saturated carbocycles. The Bertz CT molecular complexity index is 477. The third kappa shape index (κ3) is 2.79. The smallest absolute Gasteiger partial charge is 0.250 e. The van der Waals surface area contributed by atoms with E-state index in [1.807, 2.05) is 32.1 Å².